The Bertz CT molecular complexity index is 369. The number of hydrogen-bond acceptors (Lipinski definition) is 4. The van der Waals surface area contributed by atoms with Crippen molar-refractivity contribution in [1.29, 1.82) is 0 Å². The molecule has 0 amide bonds. The van der Waals surface area contributed by atoms with Gasteiger partial charge >= 0.3 is 0 Å². The molecule has 14 heavy (non-hydrogen) atoms. The Labute approximate surface area is 81.1 Å². The number of ether oxygens (including phenoxy) is 1. The van der Waals surface area contributed by atoms with Crippen molar-refractivity contribution < 1.29 is 19.7 Å². The van der Waals surface area contributed by atoms with Crippen molar-refractivity contribution >= 4 is 12.4 Å². The van der Waals surface area contributed by atoms with Crippen molar-refractivity contribution in [1.82, 2.24) is 0 Å². The van der Waals surface area contributed by atoms with Gasteiger partial charge in [-0.2, -0.15) is 0 Å². The highest BCUT2D eigenvalue weighted by molar-refractivity contribution is 5.77. The number of aromatic hydroxyl groups is 2. The maximum Gasteiger partial charge on any atom is 0.201 e. The zero-order chi connectivity index (χ0) is 10.6. The van der Waals surface area contributed by atoms with Gasteiger partial charge in [0.1, 0.15) is 6.29 Å². The molecule has 0 aliphatic heterocycles. The number of phenols is 2. The third-order valence-corrected chi connectivity index (χ3v) is 1.70. The number of phenolic OH excluding ortho intramolecular Hbond substituents is 2. The fraction of sp³-hybridized carbons (Fsp3) is 0.100. The summed E-state index contributed by atoms with van der Waals surface area (Å²) in [5, 5.41) is 18.5. The lowest BCUT2D eigenvalue weighted by Gasteiger charge is -2.07. The van der Waals surface area contributed by atoms with Crippen LogP contribution in [0.2, 0.25) is 0 Å². The van der Waals surface area contributed by atoms with Crippen LogP contribution < -0.4 is 4.74 Å². The van der Waals surface area contributed by atoms with Crippen molar-refractivity contribution in [3.63, 3.8) is 0 Å². The summed E-state index contributed by atoms with van der Waals surface area (Å²) >= 11 is 0. The number of carbonyl (C=O) groups is 1. The van der Waals surface area contributed by atoms with Gasteiger partial charge in [-0.25, -0.2) is 0 Å². The van der Waals surface area contributed by atoms with E-state index in [0.29, 0.717) is 11.8 Å². The number of aldehydes is 1. The van der Waals surface area contributed by atoms with E-state index in [2.05, 4.69) is 0 Å². The summed E-state index contributed by atoms with van der Waals surface area (Å²) in [5.74, 6) is -0.450. The van der Waals surface area contributed by atoms with Crippen LogP contribution in [0, 0.1) is 0 Å². The Morgan fingerprint density at radius 2 is 2.07 bits per heavy atom. The molecule has 0 aliphatic carbocycles. The Morgan fingerprint density at radius 1 is 1.36 bits per heavy atom. The smallest absolute Gasteiger partial charge is 0.201 e. The van der Waals surface area contributed by atoms with Crippen molar-refractivity contribution in [3.8, 4) is 17.2 Å². The zero-order valence-electron chi connectivity index (χ0n) is 7.60. The molecule has 74 valence electrons. The maximum atomic E-state index is 10.1. The van der Waals surface area contributed by atoms with Gasteiger partial charge in [0.05, 0.1) is 7.11 Å². The van der Waals surface area contributed by atoms with Gasteiger partial charge in [-0.15, -0.1) is 0 Å². The Morgan fingerprint density at radius 3 is 2.64 bits per heavy atom. The molecule has 0 bridgehead atoms. The number of methoxy groups -OCH3 is 1. The van der Waals surface area contributed by atoms with E-state index in [1.807, 2.05) is 0 Å². The minimum Gasteiger partial charge on any atom is -0.504 e. The first-order valence-electron chi connectivity index (χ1n) is 3.91. The molecule has 0 saturated carbocycles. The number of benzene rings is 1. The van der Waals surface area contributed by atoms with Crippen LogP contribution in [-0.4, -0.2) is 23.6 Å². The number of allylic oxidation sites excluding steroid dienone is 1. The van der Waals surface area contributed by atoms with Gasteiger partial charge in [0.2, 0.25) is 5.75 Å². The number of carbonyl (C=O) groups excluding carboxylic acids is 1. The second-order valence-electron chi connectivity index (χ2n) is 2.55. The highest BCUT2D eigenvalue weighted by Gasteiger charge is 2.10. The summed E-state index contributed by atoms with van der Waals surface area (Å²) in [6.45, 7) is 0. The zero-order valence-corrected chi connectivity index (χ0v) is 7.60. The van der Waals surface area contributed by atoms with Gasteiger partial charge in [-0.3, -0.25) is 4.79 Å². The molecule has 1 aromatic carbocycles. The van der Waals surface area contributed by atoms with Gasteiger partial charge in [0.15, 0.2) is 11.5 Å². The largest absolute Gasteiger partial charge is 0.504 e. The summed E-state index contributed by atoms with van der Waals surface area (Å²) in [6, 6.07) is 2.86. The minimum atomic E-state index is -0.333. The van der Waals surface area contributed by atoms with E-state index in [-0.39, 0.29) is 17.2 Å². The summed E-state index contributed by atoms with van der Waals surface area (Å²) in [6.07, 6.45) is 3.36. The highest BCUT2D eigenvalue weighted by atomic mass is 16.5. The molecular formula is C10H10O4. The van der Waals surface area contributed by atoms with Gasteiger partial charge in [-0.1, -0.05) is 0 Å². The molecular weight excluding hydrogens is 184 g/mol. The fourth-order valence-corrected chi connectivity index (χ4v) is 1.07. The molecule has 0 spiro atoms. The van der Waals surface area contributed by atoms with E-state index in [1.165, 1.54) is 31.4 Å². The molecule has 0 heterocycles. The van der Waals surface area contributed by atoms with Crippen LogP contribution in [0.15, 0.2) is 18.2 Å². The van der Waals surface area contributed by atoms with Gasteiger partial charge in [0.25, 0.3) is 0 Å². The van der Waals surface area contributed by atoms with Crippen molar-refractivity contribution in [3.05, 3.63) is 23.8 Å². The van der Waals surface area contributed by atoms with Gasteiger partial charge in [-0.05, 0) is 24.3 Å². The van der Waals surface area contributed by atoms with Gasteiger partial charge in [0, 0.05) is 5.56 Å². The molecule has 4 nitrogen and oxygen atoms in total. The normalized spacial score (nSPS) is 10.4. The fourth-order valence-electron chi connectivity index (χ4n) is 1.07. The minimum absolute atomic E-state index is 0.142. The first kappa shape index (κ1) is 10.1. The molecule has 2 N–H and O–H groups in total. The molecule has 1 rings (SSSR count). The first-order valence-corrected chi connectivity index (χ1v) is 3.91. The van der Waals surface area contributed by atoms with Crippen LogP contribution in [0.1, 0.15) is 5.56 Å². The quantitative estimate of drug-likeness (QED) is 0.432. The van der Waals surface area contributed by atoms with Crippen molar-refractivity contribution in [2.75, 3.05) is 7.11 Å². The summed E-state index contributed by atoms with van der Waals surface area (Å²) < 4.78 is 4.88. The van der Waals surface area contributed by atoms with E-state index in [1.54, 1.807) is 0 Å². The molecule has 1 aromatic rings. The molecule has 0 aromatic heterocycles. The Kier molecular flexibility index (Phi) is 3.12. The van der Waals surface area contributed by atoms with Crippen molar-refractivity contribution in [2.24, 2.45) is 0 Å². The maximum absolute atomic E-state index is 10.1. The molecule has 0 unspecified atom stereocenters. The van der Waals surface area contributed by atoms with Crippen LogP contribution in [-0.2, 0) is 4.79 Å². The predicted octanol–water partition coefficient (Wildman–Crippen LogP) is 1.32. The second kappa shape index (κ2) is 4.32. The molecule has 0 saturated heterocycles. The Hall–Kier alpha value is -1.97. The standard InChI is InChI=1S/C10H10O4/c1-14-10-7(3-2-6-11)4-5-8(12)9(10)13/h2-6,12-13H,1H3. The predicted molar refractivity (Wildman–Crippen MR) is 51.4 cm³/mol. The monoisotopic (exact) mass is 194 g/mol. The summed E-state index contributed by atoms with van der Waals surface area (Å²) in [5.41, 5.74) is 0.523. The summed E-state index contributed by atoms with van der Waals surface area (Å²) in [4.78, 5) is 10.1. The van der Waals surface area contributed by atoms with Crippen LogP contribution in [0.3, 0.4) is 0 Å². The number of rotatable bonds is 3. The SMILES string of the molecule is COc1c(C=CC=O)ccc(O)c1O. The van der Waals surface area contributed by atoms with E-state index in [9.17, 15) is 9.90 Å². The van der Waals surface area contributed by atoms with E-state index in [4.69, 9.17) is 9.84 Å². The van der Waals surface area contributed by atoms with Crippen molar-refractivity contribution in [2.45, 2.75) is 0 Å². The second-order valence-corrected chi connectivity index (χ2v) is 2.55. The van der Waals surface area contributed by atoms with Crippen LogP contribution in [0.4, 0.5) is 0 Å². The van der Waals surface area contributed by atoms with Gasteiger partial charge < -0.3 is 14.9 Å². The molecule has 4 heteroatoms. The Balaban J connectivity index is 3.23. The lowest BCUT2D eigenvalue weighted by atomic mass is 10.1. The molecule has 0 radical (unpaired) electrons. The number of hydrogen-bond donors (Lipinski definition) is 2. The lowest BCUT2D eigenvalue weighted by Crippen LogP contribution is -1.87. The molecule has 0 aliphatic rings. The third kappa shape index (κ3) is 1.85. The average molecular weight is 194 g/mol. The summed E-state index contributed by atoms with van der Waals surface area (Å²) in [7, 11) is 1.37. The topological polar surface area (TPSA) is 66.8 Å². The average Bonchev–Trinajstić information content (AvgIpc) is 2.20. The van der Waals surface area contributed by atoms with Crippen LogP contribution in [0.25, 0.3) is 6.08 Å². The third-order valence-electron chi connectivity index (χ3n) is 1.70. The highest BCUT2D eigenvalue weighted by Crippen LogP contribution is 2.38. The van der Waals surface area contributed by atoms with Crippen LogP contribution in [0.5, 0.6) is 17.2 Å². The molecule has 0 fully saturated rings. The van der Waals surface area contributed by atoms with E-state index < -0.39 is 0 Å². The van der Waals surface area contributed by atoms with Crippen LogP contribution >= 0.6 is 0 Å². The lowest BCUT2D eigenvalue weighted by molar-refractivity contribution is -0.104. The first-order chi connectivity index (χ1) is 6.70. The van der Waals surface area contributed by atoms with E-state index in [0.717, 1.165) is 0 Å². The van der Waals surface area contributed by atoms with E-state index >= 15 is 0 Å². The molecule has 0 atom stereocenters.